The summed E-state index contributed by atoms with van der Waals surface area (Å²) in [5, 5.41) is 1.03. The maximum atomic E-state index is 13.2. The number of piperidine rings is 1. The van der Waals surface area contributed by atoms with Crippen LogP contribution in [0.15, 0.2) is 30.3 Å². The second-order valence-electron chi connectivity index (χ2n) is 6.97. The highest BCUT2D eigenvalue weighted by molar-refractivity contribution is 6.02. The minimum Gasteiger partial charge on any atom is -0.381 e. The molecule has 5 heteroatoms. The summed E-state index contributed by atoms with van der Waals surface area (Å²) < 4.78 is 5.43. The van der Waals surface area contributed by atoms with Crippen LogP contribution in [-0.2, 0) is 4.74 Å². The van der Waals surface area contributed by atoms with Crippen molar-refractivity contribution in [2.75, 3.05) is 38.2 Å². The molecule has 0 spiro atoms. The van der Waals surface area contributed by atoms with Gasteiger partial charge in [0.1, 0.15) is 5.82 Å². The maximum Gasteiger partial charge on any atom is 0.257 e. The summed E-state index contributed by atoms with van der Waals surface area (Å²) in [6.07, 6.45) is 4.42. The van der Waals surface area contributed by atoms with Gasteiger partial charge in [-0.25, -0.2) is 4.98 Å². The standard InChI is InChI=1S/C20H25N3O2/c1-25-16-8-12-23(13-9-16)20(24)17-14-15-6-2-3-7-18(15)21-19(17)22-10-4-5-11-22/h2-3,6-7,14,16H,4-5,8-13H2,1H3. The number of para-hydroxylation sites is 1. The lowest BCUT2D eigenvalue weighted by Gasteiger charge is -2.32. The Hall–Kier alpha value is -2.14. The minimum atomic E-state index is 0.106. The highest BCUT2D eigenvalue weighted by atomic mass is 16.5. The first-order chi connectivity index (χ1) is 12.3. The van der Waals surface area contributed by atoms with Crippen molar-refractivity contribution < 1.29 is 9.53 Å². The van der Waals surface area contributed by atoms with E-state index in [2.05, 4.69) is 4.90 Å². The summed E-state index contributed by atoms with van der Waals surface area (Å²) in [5.74, 6) is 0.963. The third kappa shape index (κ3) is 3.21. The average Bonchev–Trinajstić information content (AvgIpc) is 3.21. The predicted molar refractivity (Wildman–Crippen MR) is 99.1 cm³/mol. The lowest BCUT2D eigenvalue weighted by molar-refractivity contribution is 0.0351. The van der Waals surface area contributed by atoms with Gasteiger partial charge in [-0.1, -0.05) is 18.2 Å². The van der Waals surface area contributed by atoms with Gasteiger partial charge in [-0.15, -0.1) is 0 Å². The van der Waals surface area contributed by atoms with Crippen molar-refractivity contribution in [3.05, 3.63) is 35.9 Å². The van der Waals surface area contributed by atoms with Crippen molar-refractivity contribution in [2.45, 2.75) is 31.8 Å². The van der Waals surface area contributed by atoms with Crippen LogP contribution in [0.25, 0.3) is 10.9 Å². The van der Waals surface area contributed by atoms with Crippen molar-refractivity contribution in [1.82, 2.24) is 9.88 Å². The van der Waals surface area contributed by atoms with Crippen LogP contribution in [0.4, 0.5) is 5.82 Å². The predicted octanol–water partition coefficient (Wildman–Crippen LogP) is 3.09. The second kappa shape index (κ2) is 7.00. The normalized spacial score (nSPS) is 18.9. The summed E-state index contributed by atoms with van der Waals surface area (Å²) >= 11 is 0. The quantitative estimate of drug-likeness (QED) is 0.862. The molecule has 2 aliphatic rings. The molecule has 1 amide bonds. The van der Waals surface area contributed by atoms with Gasteiger partial charge in [0.05, 0.1) is 17.2 Å². The molecule has 2 fully saturated rings. The number of rotatable bonds is 3. The van der Waals surface area contributed by atoms with Crippen LogP contribution in [0.5, 0.6) is 0 Å². The van der Waals surface area contributed by atoms with Gasteiger partial charge in [-0.2, -0.15) is 0 Å². The maximum absolute atomic E-state index is 13.2. The third-order valence-corrected chi connectivity index (χ3v) is 5.40. The summed E-state index contributed by atoms with van der Waals surface area (Å²) in [6.45, 7) is 3.47. The van der Waals surface area contributed by atoms with Crippen molar-refractivity contribution in [3.63, 3.8) is 0 Å². The van der Waals surface area contributed by atoms with Gasteiger partial charge in [-0.05, 0) is 37.8 Å². The highest BCUT2D eigenvalue weighted by Crippen LogP contribution is 2.28. The molecule has 1 aromatic heterocycles. The van der Waals surface area contributed by atoms with Gasteiger partial charge >= 0.3 is 0 Å². The molecule has 0 atom stereocenters. The fourth-order valence-electron chi connectivity index (χ4n) is 3.90. The molecule has 132 valence electrons. The van der Waals surface area contributed by atoms with Gasteiger partial charge in [0.15, 0.2) is 0 Å². The topological polar surface area (TPSA) is 45.7 Å². The molecule has 2 aromatic rings. The molecule has 0 radical (unpaired) electrons. The van der Waals surface area contributed by atoms with Crippen LogP contribution >= 0.6 is 0 Å². The zero-order valence-electron chi connectivity index (χ0n) is 14.8. The lowest BCUT2D eigenvalue weighted by atomic mass is 10.1. The molecular formula is C20H25N3O2. The number of likely N-dealkylation sites (tertiary alicyclic amines) is 1. The van der Waals surface area contributed by atoms with E-state index in [1.165, 1.54) is 12.8 Å². The van der Waals surface area contributed by atoms with Gasteiger partial charge in [-0.3, -0.25) is 4.79 Å². The van der Waals surface area contributed by atoms with Crippen LogP contribution in [0.3, 0.4) is 0 Å². The fourth-order valence-corrected chi connectivity index (χ4v) is 3.90. The number of carbonyl (C=O) groups is 1. The van der Waals surface area contributed by atoms with Crippen molar-refractivity contribution in [3.8, 4) is 0 Å². The number of hydrogen-bond acceptors (Lipinski definition) is 4. The number of methoxy groups -OCH3 is 1. The molecule has 1 aromatic carbocycles. The van der Waals surface area contributed by atoms with Gasteiger partial charge < -0.3 is 14.5 Å². The van der Waals surface area contributed by atoms with Crippen LogP contribution in [-0.4, -0.2) is 55.2 Å². The smallest absolute Gasteiger partial charge is 0.257 e. The number of pyridine rings is 1. The van der Waals surface area contributed by atoms with E-state index in [1.54, 1.807) is 7.11 Å². The SMILES string of the molecule is COC1CCN(C(=O)c2cc3ccccc3nc2N2CCCC2)CC1. The molecule has 4 rings (SSSR count). The zero-order chi connectivity index (χ0) is 17.2. The number of fused-ring (bicyclic) bond motifs is 1. The molecule has 0 unspecified atom stereocenters. The van der Waals surface area contributed by atoms with Gasteiger partial charge in [0, 0.05) is 38.7 Å². The Morgan fingerprint density at radius 2 is 1.84 bits per heavy atom. The van der Waals surface area contributed by atoms with E-state index in [1.807, 2.05) is 35.2 Å². The number of aromatic nitrogens is 1. The number of ether oxygens (including phenoxy) is 1. The first-order valence-corrected chi connectivity index (χ1v) is 9.23. The highest BCUT2D eigenvalue weighted by Gasteiger charge is 2.28. The van der Waals surface area contributed by atoms with Crippen LogP contribution in [0.2, 0.25) is 0 Å². The summed E-state index contributed by atoms with van der Waals surface area (Å²) in [7, 11) is 1.75. The van der Waals surface area contributed by atoms with E-state index in [0.717, 1.165) is 61.3 Å². The molecule has 2 saturated heterocycles. The fraction of sp³-hybridized carbons (Fsp3) is 0.500. The Morgan fingerprint density at radius 1 is 1.12 bits per heavy atom. The second-order valence-corrected chi connectivity index (χ2v) is 6.97. The molecule has 0 saturated carbocycles. The number of amides is 1. The molecule has 5 nitrogen and oxygen atoms in total. The van der Waals surface area contributed by atoms with Crippen LogP contribution in [0, 0.1) is 0 Å². The monoisotopic (exact) mass is 339 g/mol. The number of anilines is 1. The van der Waals surface area contributed by atoms with E-state index in [4.69, 9.17) is 9.72 Å². The van der Waals surface area contributed by atoms with Gasteiger partial charge in [0.25, 0.3) is 5.91 Å². The van der Waals surface area contributed by atoms with E-state index >= 15 is 0 Å². The zero-order valence-corrected chi connectivity index (χ0v) is 14.8. The first-order valence-electron chi connectivity index (χ1n) is 9.23. The minimum absolute atomic E-state index is 0.106. The van der Waals surface area contributed by atoms with E-state index in [9.17, 15) is 4.79 Å². The van der Waals surface area contributed by atoms with Crippen molar-refractivity contribution >= 4 is 22.6 Å². The Morgan fingerprint density at radius 3 is 2.56 bits per heavy atom. The van der Waals surface area contributed by atoms with Gasteiger partial charge in [0.2, 0.25) is 0 Å². The Balaban J connectivity index is 1.69. The number of hydrogen-bond donors (Lipinski definition) is 0. The molecule has 3 heterocycles. The summed E-state index contributed by atoms with van der Waals surface area (Å²) in [4.78, 5) is 22.3. The summed E-state index contributed by atoms with van der Waals surface area (Å²) in [6, 6.07) is 10.1. The van der Waals surface area contributed by atoms with Crippen LogP contribution < -0.4 is 4.90 Å². The molecule has 2 aliphatic heterocycles. The molecule has 25 heavy (non-hydrogen) atoms. The molecular weight excluding hydrogens is 314 g/mol. The van der Waals surface area contributed by atoms with E-state index in [-0.39, 0.29) is 12.0 Å². The Labute approximate surface area is 148 Å². The Kier molecular flexibility index (Phi) is 4.57. The molecule has 0 N–H and O–H groups in total. The average molecular weight is 339 g/mol. The Bertz CT molecular complexity index is 763. The van der Waals surface area contributed by atoms with Crippen molar-refractivity contribution in [1.29, 1.82) is 0 Å². The van der Waals surface area contributed by atoms with E-state index < -0.39 is 0 Å². The number of nitrogens with zero attached hydrogens (tertiary/aromatic N) is 3. The van der Waals surface area contributed by atoms with E-state index in [0.29, 0.717) is 0 Å². The molecule has 0 aliphatic carbocycles. The largest absolute Gasteiger partial charge is 0.381 e. The summed E-state index contributed by atoms with van der Waals surface area (Å²) in [5.41, 5.74) is 1.70. The van der Waals surface area contributed by atoms with Crippen molar-refractivity contribution in [2.24, 2.45) is 0 Å². The third-order valence-electron chi connectivity index (χ3n) is 5.40. The number of benzene rings is 1. The first kappa shape index (κ1) is 16.3. The lowest BCUT2D eigenvalue weighted by Crippen LogP contribution is -2.41. The molecule has 0 bridgehead atoms. The van der Waals surface area contributed by atoms with Crippen LogP contribution in [0.1, 0.15) is 36.0 Å². The number of carbonyl (C=O) groups excluding carboxylic acids is 1.